The molecule has 0 bridgehead atoms. The number of fused-ring (bicyclic) bond motifs is 3. The van der Waals surface area contributed by atoms with Crippen LogP contribution in [0.5, 0.6) is 0 Å². The lowest BCUT2D eigenvalue weighted by atomic mass is 9.98. The third-order valence-corrected chi connectivity index (χ3v) is 4.86. The summed E-state index contributed by atoms with van der Waals surface area (Å²) in [6, 6.07) is 16.3. The van der Waals surface area contributed by atoms with E-state index >= 15 is 0 Å². The quantitative estimate of drug-likeness (QED) is 0.907. The fourth-order valence-corrected chi connectivity index (χ4v) is 3.55. The zero-order valence-electron chi connectivity index (χ0n) is 13.7. The van der Waals surface area contributed by atoms with Gasteiger partial charge in [0.2, 0.25) is 0 Å². The Bertz CT molecular complexity index is 782. The van der Waals surface area contributed by atoms with Crippen LogP contribution in [0.3, 0.4) is 0 Å². The van der Waals surface area contributed by atoms with Gasteiger partial charge in [0.15, 0.2) is 0 Å². The van der Waals surface area contributed by atoms with Gasteiger partial charge in [-0.25, -0.2) is 4.79 Å². The Labute approximate surface area is 145 Å². The molecule has 5 nitrogen and oxygen atoms in total. The third kappa shape index (κ3) is 2.97. The van der Waals surface area contributed by atoms with Crippen LogP contribution >= 0.6 is 0 Å². The zero-order chi connectivity index (χ0) is 17.4. The third-order valence-electron chi connectivity index (χ3n) is 4.86. The van der Waals surface area contributed by atoms with Crippen LogP contribution in [0.25, 0.3) is 11.1 Å². The molecular weight excluding hydrogens is 318 g/mol. The van der Waals surface area contributed by atoms with E-state index in [4.69, 9.17) is 9.84 Å². The highest BCUT2D eigenvalue weighted by Gasteiger charge is 2.36. The van der Waals surface area contributed by atoms with Crippen LogP contribution in [0, 0.1) is 0 Å². The maximum atomic E-state index is 12.4. The number of carboxylic acid groups (broad SMARTS) is 1. The van der Waals surface area contributed by atoms with Crippen molar-refractivity contribution in [1.29, 1.82) is 0 Å². The molecule has 5 heteroatoms. The second kappa shape index (κ2) is 6.24. The first-order valence-electron chi connectivity index (χ1n) is 8.48. The molecule has 1 amide bonds. The number of carbonyl (C=O) groups excluding carboxylic acids is 1. The molecule has 0 radical (unpaired) electrons. The molecule has 1 saturated carbocycles. The molecule has 0 heterocycles. The predicted octanol–water partition coefficient (Wildman–Crippen LogP) is 3.48. The topological polar surface area (TPSA) is 66.8 Å². The van der Waals surface area contributed by atoms with E-state index in [0.29, 0.717) is 0 Å². The van der Waals surface area contributed by atoms with Crippen LogP contribution in [-0.2, 0) is 9.53 Å². The lowest BCUT2D eigenvalue weighted by Gasteiger charge is -2.21. The molecule has 0 unspecified atom stereocenters. The molecule has 0 spiro atoms. The average molecular weight is 337 g/mol. The van der Waals surface area contributed by atoms with E-state index in [0.717, 1.165) is 24.0 Å². The van der Waals surface area contributed by atoms with Crippen molar-refractivity contribution >= 4 is 12.1 Å². The summed E-state index contributed by atoms with van der Waals surface area (Å²) in [5.41, 5.74) is 4.63. The summed E-state index contributed by atoms with van der Waals surface area (Å²) in [4.78, 5) is 24.7. The predicted molar refractivity (Wildman–Crippen MR) is 92.4 cm³/mol. The first-order valence-corrected chi connectivity index (χ1v) is 8.48. The molecule has 2 aromatic carbocycles. The summed E-state index contributed by atoms with van der Waals surface area (Å²) in [7, 11) is 0. The molecule has 2 aliphatic rings. The first-order chi connectivity index (χ1) is 12.1. The number of hydrogen-bond acceptors (Lipinski definition) is 3. The SMILES string of the molecule is O=C(O)CN(C(=O)OCC1c2ccccc2-c2ccccc21)C1CC1. The van der Waals surface area contributed by atoms with Crippen molar-refractivity contribution in [2.45, 2.75) is 24.8 Å². The van der Waals surface area contributed by atoms with Gasteiger partial charge in [0, 0.05) is 12.0 Å². The van der Waals surface area contributed by atoms with Gasteiger partial charge in [0.05, 0.1) is 0 Å². The van der Waals surface area contributed by atoms with Crippen LogP contribution in [-0.4, -0.2) is 41.3 Å². The van der Waals surface area contributed by atoms with Gasteiger partial charge in [0.25, 0.3) is 0 Å². The van der Waals surface area contributed by atoms with Gasteiger partial charge >= 0.3 is 12.1 Å². The Morgan fingerprint density at radius 1 is 1.00 bits per heavy atom. The minimum atomic E-state index is -1.01. The summed E-state index contributed by atoms with van der Waals surface area (Å²) in [5.74, 6) is -1.03. The Morgan fingerprint density at radius 3 is 2.08 bits per heavy atom. The van der Waals surface area contributed by atoms with E-state index in [-0.39, 0.29) is 25.1 Å². The summed E-state index contributed by atoms with van der Waals surface area (Å²) in [6.07, 6.45) is 1.15. The molecule has 0 atom stereocenters. The van der Waals surface area contributed by atoms with Crippen molar-refractivity contribution < 1.29 is 19.4 Å². The minimum absolute atomic E-state index is 0.00625. The normalized spacial score (nSPS) is 15.4. The van der Waals surface area contributed by atoms with E-state index in [1.54, 1.807) is 0 Å². The number of carboxylic acids is 1. The molecule has 2 aromatic rings. The highest BCUT2D eigenvalue weighted by Crippen LogP contribution is 2.44. The number of benzene rings is 2. The van der Waals surface area contributed by atoms with E-state index in [1.807, 2.05) is 24.3 Å². The van der Waals surface area contributed by atoms with Crippen molar-refractivity contribution in [2.24, 2.45) is 0 Å². The molecule has 25 heavy (non-hydrogen) atoms. The Hall–Kier alpha value is -2.82. The summed E-state index contributed by atoms with van der Waals surface area (Å²) < 4.78 is 5.53. The molecule has 0 saturated heterocycles. The minimum Gasteiger partial charge on any atom is -0.480 e. The fourth-order valence-electron chi connectivity index (χ4n) is 3.55. The van der Waals surface area contributed by atoms with Crippen LogP contribution in [0.4, 0.5) is 4.79 Å². The second-order valence-electron chi connectivity index (χ2n) is 6.56. The largest absolute Gasteiger partial charge is 0.480 e. The van der Waals surface area contributed by atoms with E-state index < -0.39 is 12.1 Å². The van der Waals surface area contributed by atoms with Gasteiger partial charge in [-0.3, -0.25) is 9.69 Å². The Morgan fingerprint density at radius 2 is 1.56 bits per heavy atom. The molecular formula is C20H19NO4. The summed E-state index contributed by atoms with van der Waals surface area (Å²) in [5, 5.41) is 9.00. The van der Waals surface area contributed by atoms with Crippen molar-refractivity contribution in [3.63, 3.8) is 0 Å². The van der Waals surface area contributed by atoms with Crippen molar-refractivity contribution in [2.75, 3.05) is 13.2 Å². The van der Waals surface area contributed by atoms with Crippen LogP contribution in [0.15, 0.2) is 48.5 Å². The maximum absolute atomic E-state index is 12.4. The number of nitrogens with zero attached hydrogens (tertiary/aromatic N) is 1. The lowest BCUT2D eigenvalue weighted by Crippen LogP contribution is -2.38. The highest BCUT2D eigenvalue weighted by atomic mass is 16.6. The number of carbonyl (C=O) groups is 2. The van der Waals surface area contributed by atoms with Crippen LogP contribution < -0.4 is 0 Å². The molecule has 4 rings (SSSR count). The number of rotatable bonds is 5. The van der Waals surface area contributed by atoms with E-state index in [2.05, 4.69) is 24.3 Å². The van der Waals surface area contributed by atoms with Crippen LogP contribution in [0.1, 0.15) is 29.9 Å². The van der Waals surface area contributed by atoms with Gasteiger partial charge < -0.3 is 9.84 Å². The highest BCUT2D eigenvalue weighted by molar-refractivity contribution is 5.80. The second-order valence-corrected chi connectivity index (χ2v) is 6.56. The molecule has 1 fully saturated rings. The van der Waals surface area contributed by atoms with Gasteiger partial charge in [-0.05, 0) is 35.1 Å². The van der Waals surface area contributed by atoms with Crippen molar-refractivity contribution in [3.8, 4) is 11.1 Å². The molecule has 128 valence electrons. The molecule has 0 aromatic heterocycles. The molecule has 0 aliphatic heterocycles. The van der Waals surface area contributed by atoms with Gasteiger partial charge in [-0.15, -0.1) is 0 Å². The zero-order valence-corrected chi connectivity index (χ0v) is 13.7. The molecule has 1 N–H and O–H groups in total. The Kier molecular flexibility index (Phi) is 3.92. The number of hydrogen-bond donors (Lipinski definition) is 1. The first kappa shape index (κ1) is 15.7. The number of amides is 1. The van der Waals surface area contributed by atoms with Gasteiger partial charge in [-0.1, -0.05) is 48.5 Å². The summed E-state index contributed by atoms with van der Waals surface area (Å²) >= 11 is 0. The monoisotopic (exact) mass is 337 g/mol. The Balaban J connectivity index is 1.53. The standard InChI is InChI=1S/C20H19NO4/c22-19(23)11-21(13-9-10-13)20(24)25-12-18-16-7-3-1-5-14(16)15-6-2-4-8-17(15)18/h1-8,13,18H,9-12H2,(H,22,23). The van der Waals surface area contributed by atoms with E-state index in [1.165, 1.54) is 16.0 Å². The van der Waals surface area contributed by atoms with Crippen molar-refractivity contribution in [1.82, 2.24) is 4.90 Å². The lowest BCUT2D eigenvalue weighted by molar-refractivity contribution is -0.138. The molecule has 2 aliphatic carbocycles. The summed E-state index contributed by atoms with van der Waals surface area (Å²) in [6.45, 7) is -0.0863. The van der Waals surface area contributed by atoms with Gasteiger partial charge in [-0.2, -0.15) is 0 Å². The van der Waals surface area contributed by atoms with Crippen LogP contribution in [0.2, 0.25) is 0 Å². The number of ether oxygens (including phenoxy) is 1. The van der Waals surface area contributed by atoms with Gasteiger partial charge in [0.1, 0.15) is 13.2 Å². The average Bonchev–Trinajstić information content (AvgIpc) is 3.40. The van der Waals surface area contributed by atoms with E-state index in [9.17, 15) is 9.59 Å². The fraction of sp³-hybridized carbons (Fsp3) is 0.300. The maximum Gasteiger partial charge on any atom is 0.410 e. The number of aliphatic carboxylic acids is 1. The smallest absolute Gasteiger partial charge is 0.410 e. The van der Waals surface area contributed by atoms with Crippen molar-refractivity contribution in [3.05, 3.63) is 59.7 Å².